The first kappa shape index (κ1) is 12.3. The van der Waals surface area contributed by atoms with Crippen molar-refractivity contribution in [2.45, 2.75) is 45.1 Å². The number of aromatic nitrogens is 1. The van der Waals surface area contributed by atoms with E-state index in [4.69, 9.17) is 0 Å². The highest BCUT2D eigenvalue weighted by Gasteiger charge is 2.09. The van der Waals surface area contributed by atoms with Gasteiger partial charge in [0.2, 0.25) is 0 Å². The highest BCUT2D eigenvalue weighted by atomic mass is 16.3. The third kappa shape index (κ3) is 3.67. The Balaban J connectivity index is 2.01. The van der Waals surface area contributed by atoms with Crippen molar-refractivity contribution in [3.63, 3.8) is 0 Å². The van der Waals surface area contributed by atoms with E-state index in [1.54, 1.807) is 6.92 Å². The van der Waals surface area contributed by atoms with E-state index < -0.39 is 6.10 Å². The van der Waals surface area contributed by atoms with Crippen molar-refractivity contribution in [2.24, 2.45) is 5.92 Å². The molecule has 0 radical (unpaired) electrons. The Bertz CT molecular complexity index is 378. The molecule has 0 amide bonds. The Hall–Kier alpha value is -1.15. The van der Waals surface area contributed by atoms with Crippen molar-refractivity contribution >= 4 is 6.08 Å². The molecule has 17 heavy (non-hydrogen) atoms. The lowest BCUT2D eigenvalue weighted by atomic mass is 9.89. The van der Waals surface area contributed by atoms with Gasteiger partial charge in [0.15, 0.2) is 0 Å². The molecule has 1 aromatic heterocycles. The summed E-state index contributed by atoms with van der Waals surface area (Å²) in [5, 5.41) is 9.48. The van der Waals surface area contributed by atoms with E-state index in [0.29, 0.717) is 0 Å². The van der Waals surface area contributed by atoms with Gasteiger partial charge in [-0.15, -0.1) is 0 Å². The first-order chi connectivity index (χ1) is 8.25. The van der Waals surface area contributed by atoms with Gasteiger partial charge in [-0.2, -0.15) is 0 Å². The predicted octanol–water partition coefficient (Wildman–Crippen LogP) is 3.73. The summed E-state index contributed by atoms with van der Waals surface area (Å²) in [4.78, 5) is 4.42. The quantitative estimate of drug-likeness (QED) is 0.859. The minimum atomic E-state index is -0.488. The smallest absolute Gasteiger partial charge is 0.0932 e. The number of hydrogen-bond acceptors (Lipinski definition) is 2. The van der Waals surface area contributed by atoms with Crippen molar-refractivity contribution in [2.75, 3.05) is 0 Å². The zero-order valence-corrected chi connectivity index (χ0v) is 10.5. The zero-order valence-electron chi connectivity index (χ0n) is 10.5. The van der Waals surface area contributed by atoms with Gasteiger partial charge in [-0.3, -0.25) is 4.98 Å². The van der Waals surface area contributed by atoms with Crippen molar-refractivity contribution < 1.29 is 5.11 Å². The molecule has 1 aromatic rings. The lowest BCUT2D eigenvalue weighted by Gasteiger charge is -2.17. The average molecular weight is 231 g/mol. The van der Waals surface area contributed by atoms with E-state index in [1.807, 2.05) is 18.2 Å². The van der Waals surface area contributed by atoms with Gasteiger partial charge in [-0.05, 0) is 43.9 Å². The maximum atomic E-state index is 9.48. The van der Waals surface area contributed by atoms with Gasteiger partial charge >= 0.3 is 0 Å². The van der Waals surface area contributed by atoms with Gasteiger partial charge < -0.3 is 5.11 Å². The Labute approximate surface area is 103 Å². The molecule has 0 aliphatic heterocycles. The Kier molecular flexibility index (Phi) is 4.32. The van der Waals surface area contributed by atoms with E-state index in [1.165, 1.54) is 32.1 Å². The SMILES string of the molecule is C[C@@H](O)c1cccc(/C=C/C2CCCCC2)n1. The van der Waals surface area contributed by atoms with E-state index in [0.717, 1.165) is 17.3 Å². The van der Waals surface area contributed by atoms with Crippen LogP contribution in [0.3, 0.4) is 0 Å². The first-order valence-electron chi connectivity index (χ1n) is 6.59. The second-order valence-electron chi connectivity index (χ2n) is 4.92. The van der Waals surface area contributed by atoms with E-state index >= 15 is 0 Å². The van der Waals surface area contributed by atoms with Gasteiger partial charge in [-0.25, -0.2) is 0 Å². The van der Waals surface area contributed by atoms with Crippen molar-refractivity contribution in [3.05, 3.63) is 35.7 Å². The van der Waals surface area contributed by atoms with Crippen LogP contribution in [-0.2, 0) is 0 Å². The van der Waals surface area contributed by atoms with Crippen molar-refractivity contribution in [1.82, 2.24) is 4.98 Å². The molecule has 1 heterocycles. The molecule has 0 saturated heterocycles. The van der Waals surface area contributed by atoms with Crippen molar-refractivity contribution in [3.8, 4) is 0 Å². The summed E-state index contributed by atoms with van der Waals surface area (Å²) < 4.78 is 0. The minimum Gasteiger partial charge on any atom is -0.387 e. The maximum Gasteiger partial charge on any atom is 0.0932 e. The van der Waals surface area contributed by atoms with Gasteiger partial charge in [0.25, 0.3) is 0 Å². The second-order valence-corrected chi connectivity index (χ2v) is 4.92. The summed E-state index contributed by atoms with van der Waals surface area (Å²) in [6.45, 7) is 1.75. The fourth-order valence-corrected chi connectivity index (χ4v) is 2.36. The molecule has 1 atom stereocenters. The predicted molar refractivity (Wildman–Crippen MR) is 70.5 cm³/mol. The van der Waals surface area contributed by atoms with E-state index in [-0.39, 0.29) is 0 Å². The fraction of sp³-hybridized carbons (Fsp3) is 0.533. The molecule has 0 bridgehead atoms. The van der Waals surface area contributed by atoms with Crippen LogP contribution in [0.4, 0.5) is 0 Å². The Morgan fingerprint density at radius 3 is 2.76 bits per heavy atom. The van der Waals surface area contributed by atoms with Gasteiger partial charge in [0.1, 0.15) is 0 Å². The number of hydrogen-bond donors (Lipinski definition) is 1. The first-order valence-corrected chi connectivity index (χ1v) is 6.59. The third-order valence-corrected chi connectivity index (χ3v) is 3.41. The normalized spacial score (nSPS) is 19.6. The topological polar surface area (TPSA) is 33.1 Å². The van der Waals surface area contributed by atoms with Crippen LogP contribution in [0.5, 0.6) is 0 Å². The molecule has 2 heteroatoms. The second kappa shape index (κ2) is 5.97. The van der Waals surface area contributed by atoms with Gasteiger partial charge in [0, 0.05) is 0 Å². The molecule has 2 nitrogen and oxygen atoms in total. The minimum absolute atomic E-state index is 0.488. The maximum absolute atomic E-state index is 9.48. The summed E-state index contributed by atoms with van der Waals surface area (Å²) in [6, 6.07) is 5.81. The molecule has 0 unspecified atom stereocenters. The molecule has 2 rings (SSSR count). The molecular formula is C15H21NO. The van der Waals surface area contributed by atoms with Crippen LogP contribution in [0.25, 0.3) is 6.08 Å². The number of rotatable bonds is 3. The standard InChI is InChI=1S/C15H21NO/c1-12(17)15-9-5-8-14(16-15)11-10-13-6-3-2-4-7-13/h5,8-13,17H,2-4,6-7H2,1H3/b11-10+/t12-/m1/s1. The van der Waals surface area contributed by atoms with Gasteiger partial charge in [0.05, 0.1) is 17.5 Å². The number of allylic oxidation sites excluding steroid dienone is 1. The average Bonchev–Trinajstić information content (AvgIpc) is 2.38. The molecule has 1 aliphatic carbocycles. The zero-order chi connectivity index (χ0) is 12.1. The van der Waals surface area contributed by atoms with Crippen LogP contribution < -0.4 is 0 Å². The molecule has 1 N–H and O–H groups in total. The molecule has 1 saturated carbocycles. The highest BCUT2D eigenvalue weighted by Crippen LogP contribution is 2.25. The lowest BCUT2D eigenvalue weighted by Crippen LogP contribution is -2.02. The number of nitrogens with zero attached hydrogens (tertiary/aromatic N) is 1. The summed E-state index contributed by atoms with van der Waals surface area (Å²) >= 11 is 0. The van der Waals surface area contributed by atoms with Crippen LogP contribution >= 0.6 is 0 Å². The molecule has 92 valence electrons. The molecular weight excluding hydrogens is 210 g/mol. The van der Waals surface area contributed by atoms with Crippen LogP contribution in [0.1, 0.15) is 56.5 Å². The van der Waals surface area contributed by atoms with Crippen LogP contribution in [0, 0.1) is 5.92 Å². The van der Waals surface area contributed by atoms with Gasteiger partial charge in [-0.1, -0.05) is 31.4 Å². The lowest BCUT2D eigenvalue weighted by molar-refractivity contribution is 0.194. The summed E-state index contributed by atoms with van der Waals surface area (Å²) in [5.41, 5.74) is 1.70. The van der Waals surface area contributed by atoms with Crippen LogP contribution in [-0.4, -0.2) is 10.1 Å². The summed E-state index contributed by atoms with van der Waals surface area (Å²) in [6.07, 6.45) is 10.6. The largest absolute Gasteiger partial charge is 0.387 e. The summed E-state index contributed by atoms with van der Waals surface area (Å²) in [5.74, 6) is 0.723. The monoisotopic (exact) mass is 231 g/mol. The highest BCUT2D eigenvalue weighted by molar-refractivity contribution is 5.45. The number of aliphatic hydroxyl groups is 1. The van der Waals surface area contributed by atoms with E-state index in [2.05, 4.69) is 17.1 Å². The molecule has 1 fully saturated rings. The molecule has 0 spiro atoms. The Morgan fingerprint density at radius 2 is 2.06 bits per heavy atom. The van der Waals surface area contributed by atoms with Crippen LogP contribution in [0.2, 0.25) is 0 Å². The summed E-state index contributed by atoms with van der Waals surface area (Å²) in [7, 11) is 0. The molecule has 0 aromatic carbocycles. The fourth-order valence-electron chi connectivity index (χ4n) is 2.36. The Morgan fingerprint density at radius 1 is 1.29 bits per heavy atom. The van der Waals surface area contributed by atoms with Crippen molar-refractivity contribution in [1.29, 1.82) is 0 Å². The number of pyridine rings is 1. The van der Waals surface area contributed by atoms with E-state index in [9.17, 15) is 5.11 Å². The number of aliphatic hydroxyl groups excluding tert-OH is 1. The van der Waals surface area contributed by atoms with Crippen LogP contribution in [0.15, 0.2) is 24.3 Å². The molecule has 1 aliphatic rings. The third-order valence-electron chi connectivity index (χ3n) is 3.41.